The van der Waals surface area contributed by atoms with Crippen molar-refractivity contribution in [1.29, 1.82) is 0 Å². The highest BCUT2D eigenvalue weighted by atomic mass is 127. The summed E-state index contributed by atoms with van der Waals surface area (Å²) in [5, 5.41) is 1.96. The van der Waals surface area contributed by atoms with E-state index in [2.05, 4.69) is 39.6 Å². The SMILES string of the molecule is O=c1c2ccc(N3CC4(CCOCC4)C3)cc2c(I)cn1C1CC1. The number of nitrogens with zero attached hydrogens (tertiary/aromatic N) is 2. The van der Waals surface area contributed by atoms with Crippen LogP contribution in [0.15, 0.2) is 29.2 Å². The van der Waals surface area contributed by atoms with E-state index >= 15 is 0 Å². The Labute approximate surface area is 154 Å². The van der Waals surface area contributed by atoms with Gasteiger partial charge in [-0.15, -0.1) is 0 Å². The Morgan fingerprint density at radius 1 is 1.12 bits per heavy atom. The number of aromatic nitrogens is 1. The predicted molar refractivity (Wildman–Crippen MR) is 104 cm³/mol. The molecule has 3 heterocycles. The molecule has 4 nitrogen and oxygen atoms in total. The zero-order valence-corrected chi connectivity index (χ0v) is 15.8. The molecule has 0 radical (unpaired) electrons. The fourth-order valence-corrected chi connectivity index (χ4v) is 4.94. The number of rotatable bonds is 2. The molecule has 3 fully saturated rings. The van der Waals surface area contributed by atoms with Gasteiger partial charge in [0.15, 0.2) is 0 Å². The molecule has 1 aliphatic carbocycles. The molecular formula is C19H21IN2O2. The largest absolute Gasteiger partial charge is 0.381 e. The van der Waals surface area contributed by atoms with Crippen molar-refractivity contribution in [1.82, 2.24) is 4.57 Å². The fraction of sp³-hybridized carbons (Fsp3) is 0.526. The summed E-state index contributed by atoms with van der Waals surface area (Å²) in [6, 6.07) is 6.80. The molecule has 1 aromatic heterocycles. The summed E-state index contributed by atoms with van der Waals surface area (Å²) in [4.78, 5) is 15.2. The predicted octanol–water partition coefficient (Wildman–Crippen LogP) is 3.56. The summed E-state index contributed by atoms with van der Waals surface area (Å²) in [6.07, 6.45) is 6.68. The lowest BCUT2D eigenvalue weighted by Gasteiger charge is -2.53. The Balaban J connectivity index is 1.47. The number of hydrogen-bond donors (Lipinski definition) is 0. The van der Waals surface area contributed by atoms with Crippen molar-refractivity contribution in [2.24, 2.45) is 5.41 Å². The number of pyridine rings is 1. The van der Waals surface area contributed by atoms with Crippen LogP contribution in [0.4, 0.5) is 5.69 Å². The molecule has 5 heteroatoms. The van der Waals surface area contributed by atoms with E-state index in [-0.39, 0.29) is 5.56 Å². The zero-order valence-electron chi connectivity index (χ0n) is 13.6. The number of ether oxygens (including phenoxy) is 1. The van der Waals surface area contributed by atoms with Crippen molar-refractivity contribution >= 4 is 39.1 Å². The van der Waals surface area contributed by atoms with Crippen LogP contribution in [-0.4, -0.2) is 30.9 Å². The number of hydrogen-bond acceptors (Lipinski definition) is 3. The van der Waals surface area contributed by atoms with Gasteiger partial charge >= 0.3 is 0 Å². The van der Waals surface area contributed by atoms with Crippen LogP contribution in [0.3, 0.4) is 0 Å². The third kappa shape index (κ3) is 2.39. The van der Waals surface area contributed by atoms with Gasteiger partial charge in [0, 0.05) is 64.0 Å². The average molecular weight is 436 g/mol. The Bertz CT molecular complexity index is 858. The fourth-order valence-electron chi connectivity index (χ4n) is 4.19. The smallest absolute Gasteiger partial charge is 0.258 e. The zero-order chi connectivity index (χ0) is 16.3. The van der Waals surface area contributed by atoms with Crippen LogP contribution in [0.2, 0.25) is 0 Å². The lowest BCUT2D eigenvalue weighted by atomic mass is 9.73. The van der Waals surface area contributed by atoms with Crippen LogP contribution >= 0.6 is 22.6 Å². The molecule has 0 bridgehead atoms. The van der Waals surface area contributed by atoms with E-state index in [0.717, 1.165) is 49.9 Å². The molecule has 0 atom stereocenters. The van der Waals surface area contributed by atoms with Gasteiger partial charge < -0.3 is 14.2 Å². The molecule has 0 N–H and O–H groups in total. The third-order valence-electron chi connectivity index (χ3n) is 5.89. The normalized spacial score (nSPS) is 22.8. The van der Waals surface area contributed by atoms with Gasteiger partial charge in [-0.1, -0.05) is 0 Å². The number of benzene rings is 1. The van der Waals surface area contributed by atoms with Crippen LogP contribution in [0.1, 0.15) is 31.7 Å². The Hall–Kier alpha value is -1.08. The first-order valence-electron chi connectivity index (χ1n) is 8.82. The minimum Gasteiger partial charge on any atom is -0.381 e. The lowest BCUT2D eigenvalue weighted by Crippen LogP contribution is -2.58. The van der Waals surface area contributed by atoms with Gasteiger partial charge in [0.25, 0.3) is 5.56 Å². The first kappa shape index (κ1) is 15.2. The van der Waals surface area contributed by atoms with E-state index in [0.29, 0.717) is 11.5 Å². The van der Waals surface area contributed by atoms with Gasteiger partial charge in [-0.2, -0.15) is 0 Å². The highest BCUT2D eigenvalue weighted by Gasteiger charge is 2.43. The van der Waals surface area contributed by atoms with Gasteiger partial charge in [-0.25, -0.2) is 0 Å². The van der Waals surface area contributed by atoms with E-state index < -0.39 is 0 Å². The van der Waals surface area contributed by atoms with Crippen molar-refractivity contribution in [3.05, 3.63) is 38.3 Å². The molecule has 126 valence electrons. The number of anilines is 1. The molecule has 3 aliphatic rings. The Kier molecular flexibility index (Phi) is 3.46. The molecule has 2 aromatic rings. The topological polar surface area (TPSA) is 34.5 Å². The number of fused-ring (bicyclic) bond motifs is 1. The second-order valence-electron chi connectivity index (χ2n) is 7.62. The highest BCUT2D eigenvalue weighted by Crippen LogP contribution is 2.42. The molecule has 1 saturated carbocycles. The highest BCUT2D eigenvalue weighted by molar-refractivity contribution is 14.1. The Morgan fingerprint density at radius 3 is 2.58 bits per heavy atom. The summed E-state index contributed by atoms with van der Waals surface area (Å²) in [7, 11) is 0. The molecule has 0 unspecified atom stereocenters. The van der Waals surface area contributed by atoms with Crippen LogP contribution in [0.5, 0.6) is 0 Å². The van der Waals surface area contributed by atoms with Gasteiger partial charge in [0.1, 0.15) is 0 Å². The van der Waals surface area contributed by atoms with Crippen molar-refractivity contribution in [3.63, 3.8) is 0 Å². The summed E-state index contributed by atoms with van der Waals surface area (Å²) in [5.74, 6) is 0. The summed E-state index contributed by atoms with van der Waals surface area (Å²) in [6.45, 7) is 4.06. The molecule has 1 aromatic carbocycles. The van der Waals surface area contributed by atoms with Gasteiger partial charge in [0.05, 0.1) is 0 Å². The first-order valence-corrected chi connectivity index (χ1v) is 9.90. The second kappa shape index (κ2) is 5.46. The van der Waals surface area contributed by atoms with E-state index in [4.69, 9.17) is 4.74 Å². The summed E-state index contributed by atoms with van der Waals surface area (Å²) in [5.41, 5.74) is 1.89. The molecule has 0 amide bonds. The van der Waals surface area contributed by atoms with Gasteiger partial charge in [-0.05, 0) is 66.5 Å². The molecule has 2 aliphatic heterocycles. The van der Waals surface area contributed by atoms with Crippen LogP contribution in [-0.2, 0) is 4.74 Å². The minimum atomic E-state index is 0.170. The van der Waals surface area contributed by atoms with Crippen molar-refractivity contribution in [2.45, 2.75) is 31.7 Å². The van der Waals surface area contributed by atoms with Crippen LogP contribution in [0.25, 0.3) is 10.8 Å². The first-order chi connectivity index (χ1) is 11.7. The quantitative estimate of drug-likeness (QED) is 0.676. The van der Waals surface area contributed by atoms with Gasteiger partial charge in [-0.3, -0.25) is 4.79 Å². The average Bonchev–Trinajstić information content (AvgIpc) is 3.41. The molecule has 24 heavy (non-hydrogen) atoms. The second-order valence-corrected chi connectivity index (χ2v) is 8.78. The number of halogens is 1. The van der Waals surface area contributed by atoms with E-state index in [1.807, 2.05) is 16.8 Å². The van der Waals surface area contributed by atoms with Crippen molar-refractivity contribution in [2.75, 3.05) is 31.2 Å². The minimum absolute atomic E-state index is 0.170. The Morgan fingerprint density at radius 2 is 1.88 bits per heavy atom. The van der Waals surface area contributed by atoms with Crippen molar-refractivity contribution in [3.8, 4) is 0 Å². The maximum Gasteiger partial charge on any atom is 0.258 e. The van der Waals surface area contributed by atoms with E-state index in [9.17, 15) is 4.79 Å². The molecule has 2 saturated heterocycles. The lowest BCUT2D eigenvalue weighted by molar-refractivity contribution is -0.000183. The van der Waals surface area contributed by atoms with Crippen molar-refractivity contribution < 1.29 is 4.74 Å². The van der Waals surface area contributed by atoms with E-state index in [1.54, 1.807) is 0 Å². The monoisotopic (exact) mass is 436 g/mol. The molecular weight excluding hydrogens is 415 g/mol. The van der Waals surface area contributed by atoms with E-state index in [1.165, 1.54) is 22.1 Å². The third-order valence-corrected chi connectivity index (χ3v) is 6.75. The molecule has 1 spiro atoms. The molecule has 5 rings (SSSR count). The van der Waals surface area contributed by atoms with Crippen LogP contribution < -0.4 is 10.5 Å². The van der Waals surface area contributed by atoms with Crippen LogP contribution in [0, 0.1) is 8.99 Å². The maximum absolute atomic E-state index is 12.7. The summed E-state index contributed by atoms with van der Waals surface area (Å²) >= 11 is 2.37. The van der Waals surface area contributed by atoms with Gasteiger partial charge in [0.2, 0.25) is 0 Å². The summed E-state index contributed by atoms with van der Waals surface area (Å²) < 4.78 is 8.62. The standard InChI is InChI=1S/C19H21IN2O2/c20-17-10-22(13-1-2-13)18(23)15-4-3-14(9-16(15)17)21-11-19(12-21)5-7-24-8-6-19/h3-4,9-10,13H,1-2,5-8,11-12H2. The maximum atomic E-state index is 12.7.